The lowest BCUT2D eigenvalue weighted by Crippen LogP contribution is -2.37. The molecule has 1 aromatic rings. The Bertz CT molecular complexity index is 605. The molecule has 0 fully saturated rings. The second kappa shape index (κ2) is 7.09. The van der Waals surface area contributed by atoms with Crippen molar-refractivity contribution >= 4 is 5.97 Å². The van der Waals surface area contributed by atoms with Crippen molar-refractivity contribution in [1.82, 2.24) is 9.47 Å². The molecular formula is C17H26N2O3. The number of carbonyl (C=O) groups is 1. The van der Waals surface area contributed by atoms with Gasteiger partial charge in [-0.25, -0.2) is 0 Å². The van der Waals surface area contributed by atoms with Crippen LogP contribution in [0.2, 0.25) is 0 Å². The Balaban J connectivity index is 2.43. The molecule has 22 heavy (non-hydrogen) atoms. The smallest absolute Gasteiger partial charge is 0.303 e. The van der Waals surface area contributed by atoms with Gasteiger partial charge >= 0.3 is 5.97 Å². The van der Waals surface area contributed by atoms with Crippen molar-refractivity contribution in [1.29, 1.82) is 0 Å². The van der Waals surface area contributed by atoms with Crippen LogP contribution >= 0.6 is 0 Å². The maximum atomic E-state index is 12.7. The van der Waals surface area contributed by atoms with Gasteiger partial charge in [-0.15, -0.1) is 0 Å². The zero-order valence-electron chi connectivity index (χ0n) is 13.8. The van der Waals surface area contributed by atoms with Crippen LogP contribution in [0.15, 0.2) is 10.9 Å². The Hall–Kier alpha value is -1.62. The molecule has 0 bridgehead atoms. The molecule has 1 aliphatic heterocycles. The summed E-state index contributed by atoms with van der Waals surface area (Å²) < 4.78 is 1.89. The number of hydrogen-bond acceptors (Lipinski definition) is 3. The molecule has 0 atom stereocenters. The quantitative estimate of drug-likeness (QED) is 0.872. The van der Waals surface area contributed by atoms with Gasteiger partial charge in [0.05, 0.1) is 0 Å². The van der Waals surface area contributed by atoms with E-state index in [-0.39, 0.29) is 12.0 Å². The van der Waals surface area contributed by atoms with Crippen molar-refractivity contribution in [2.24, 2.45) is 5.92 Å². The predicted octanol–water partition coefficient (Wildman–Crippen LogP) is 1.90. The number of nitrogens with zero attached hydrogens (tertiary/aromatic N) is 2. The lowest BCUT2D eigenvalue weighted by Gasteiger charge is -2.30. The fourth-order valence-electron chi connectivity index (χ4n) is 3.09. The molecule has 122 valence electrons. The summed E-state index contributed by atoms with van der Waals surface area (Å²) in [5.74, 6) is -0.469. The van der Waals surface area contributed by atoms with Crippen LogP contribution in [0.3, 0.4) is 0 Å². The molecule has 0 saturated heterocycles. The number of hydrogen-bond donors (Lipinski definition) is 1. The van der Waals surface area contributed by atoms with E-state index in [9.17, 15) is 9.59 Å². The summed E-state index contributed by atoms with van der Waals surface area (Å²) >= 11 is 0. The van der Waals surface area contributed by atoms with Crippen molar-refractivity contribution in [2.75, 3.05) is 13.1 Å². The van der Waals surface area contributed by atoms with Crippen LogP contribution in [-0.4, -0.2) is 33.6 Å². The van der Waals surface area contributed by atoms with Gasteiger partial charge in [-0.2, -0.15) is 0 Å². The Morgan fingerprint density at radius 3 is 2.73 bits per heavy atom. The predicted molar refractivity (Wildman–Crippen MR) is 86.2 cm³/mol. The molecule has 1 aliphatic rings. The second-order valence-electron chi connectivity index (χ2n) is 6.46. The molecule has 5 nitrogen and oxygen atoms in total. The molecule has 0 spiro atoms. The largest absolute Gasteiger partial charge is 0.481 e. The van der Waals surface area contributed by atoms with Gasteiger partial charge < -0.3 is 9.67 Å². The van der Waals surface area contributed by atoms with Crippen molar-refractivity contribution in [3.8, 4) is 0 Å². The molecule has 0 radical (unpaired) electrons. The number of aromatic nitrogens is 1. The minimum absolute atomic E-state index is 0.00125. The first-order chi connectivity index (χ1) is 10.4. The highest BCUT2D eigenvalue weighted by atomic mass is 16.4. The van der Waals surface area contributed by atoms with Crippen LogP contribution in [0.5, 0.6) is 0 Å². The summed E-state index contributed by atoms with van der Waals surface area (Å²) in [7, 11) is 0. The molecule has 5 heteroatoms. The van der Waals surface area contributed by atoms with Crippen LogP contribution in [-0.2, 0) is 30.7 Å². The van der Waals surface area contributed by atoms with Crippen molar-refractivity contribution < 1.29 is 9.90 Å². The van der Waals surface area contributed by atoms with Gasteiger partial charge in [0.2, 0.25) is 0 Å². The zero-order valence-corrected chi connectivity index (χ0v) is 13.8. The second-order valence-corrected chi connectivity index (χ2v) is 6.46. The van der Waals surface area contributed by atoms with E-state index in [2.05, 4.69) is 25.7 Å². The van der Waals surface area contributed by atoms with Gasteiger partial charge in [0.25, 0.3) is 5.56 Å². The fraction of sp³-hybridized carbons (Fsp3) is 0.647. The first kappa shape index (κ1) is 16.7. The first-order valence-corrected chi connectivity index (χ1v) is 8.11. The Labute approximate surface area is 131 Å². The van der Waals surface area contributed by atoms with E-state index >= 15 is 0 Å². The molecular weight excluding hydrogens is 280 g/mol. The first-order valence-electron chi connectivity index (χ1n) is 8.11. The van der Waals surface area contributed by atoms with Gasteiger partial charge in [-0.05, 0) is 30.5 Å². The Morgan fingerprint density at radius 1 is 1.41 bits per heavy atom. The number of carboxylic acid groups (broad SMARTS) is 1. The number of carboxylic acids is 1. The van der Waals surface area contributed by atoms with Gasteiger partial charge in [-0.3, -0.25) is 14.5 Å². The van der Waals surface area contributed by atoms with E-state index < -0.39 is 5.97 Å². The molecule has 1 aromatic heterocycles. The third kappa shape index (κ3) is 3.77. The third-order valence-electron chi connectivity index (χ3n) is 4.23. The summed E-state index contributed by atoms with van der Waals surface area (Å²) in [5.41, 5.74) is 2.97. The number of likely N-dealkylation sites (N-methyl/N-ethyl adjacent to an activating group) is 1. The van der Waals surface area contributed by atoms with E-state index in [0.29, 0.717) is 24.4 Å². The lowest BCUT2D eigenvalue weighted by atomic mass is 10.00. The summed E-state index contributed by atoms with van der Waals surface area (Å²) in [4.78, 5) is 25.9. The van der Waals surface area contributed by atoms with Crippen LogP contribution < -0.4 is 5.56 Å². The molecule has 0 saturated carbocycles. The molecule has 0 unspecified atom stereocenters. The van der Waals surface area contributed by atoms with E-state index in [4.69, 9.17) is 5.11 Å². The van der Waals surface area contributed by atoms with Gasteiger partial charge in [0, 0.05) is 43.7 Å². The average Bonchev–Trinajstić information content (AvgIpc) is 2.47. The molecule has 2 rings (SSSR count). The molecule has 0 aliphatic carbocycles. The van der Waals surface area contributed by atoms with Crippen LogP contribution in [0, 0.1) is 5.92 Å². The van der Waals surface area contributed by atoms with E-state index in [1.54, 1.807) is 0 Å². The number of fused-ring (bicyclic) bond motifs is 1. The van der Waals surface area contributed by atoms with Crippen LogP contribution in [0.1, 0.15) is 44.0 Å². The van der Waals surface area contributed by atoms with Crippen molar-refractivity contribution in [2.45, 2.75) is 53.1 Å². The maximum Gasteiger partial charge on any atom is 0.303 e. The summed E-state index contributed by atoms with van der Waals surface area (Å²) in [6.07, 6.45) is 1.21. The number of aryl methyl sites for hydroxylation is 1. The maximum absolute atomic E-state index is 12.7. The van der Waals surface area contributed by atoms with E-state index in [0.717, 1.165) is 31.7 Å². The Morgan fingerprint density at radius 2 is 2.14 bits per heavy atom. The van der Waals surface area contributed by atoms with Crippen molar-refractivity contribution in [3.05, 3.63) is 33.2 Å². The molecule has 1 N–H and O–H groups in total. The van der Waals surface area contributed by atoms with Crippen LogP contribution in [0.25, 0.3) is 0 Å². The fourth-order valence-corrected chi connectivity index (χ4v) is 3.09. The normalized spacial score (nSPS) is 15.1. The number of rotatable bonds is 6. The Kier molecular flexibility index (Phi) is 5.40. The van der Waals surface area contributed by atoms with E-state index in [1.165, 1.54) is 5.56 Å². The lowest BCUT2D eigenvalue weighted by molar-refractivity contribution is -0.136. The monoisotopic (exact) mass is 306 g/mol. The minimum Gasteiger partial charge on any atom is -0.481 e. The summed E-state index contributed by atoms with van der Waals surface area (Å²) in [6.45, 7) is 9.87. The molecule has 2 heterocycles. The summed E-state index contributed by atoms with van der Waals surface area (Å²) in [5, 5.41) is 8.88. The van der Waals surface area contributed by atoms with Crippen LogP contribution in [0.4, 0.5) is 0 Å². The van der Waals surface area contributed by atoms with Gasteiger partial charge in [-0.1, -0.05) is 20.8 Å². The highest BCUT2D eigenvalue weighted by Crippen LogP contribution is 2.20. The SMILES string of the molecule is CCN1CCc2c(cc(CCC(=O)O)c(=O)n2CC(C)C)C1. The van der Waals surface area contributed by atoms with Crippen molar-refractivity contribution in [3.63, 3.8) is 0 Å². The highest BCUT2D eigenvalue weighted by molar-refractivity contribution is 5.67. The average molecular weight is 306 g/mol. The standard InChI is InChI=1S/C17H26N2O3/c1-4-18-8-7-15-14(11-18)9-13(5-6-16(20)21)17(22)19(15)10-12(2)3/h9,12H,4-8,10-11H2,1-3H3,(H,20,21). The highest BCUT2D eigenvalue weighted by Gasteiger charge is 2.21. The number of aliphatic carboxylic acids is 1. The minimum atomic E-state index is -0.859. The molecule has 0 amide bonds. The topological polar surface area (TPSA) is 62.5 Å². The summed E-state index contributed by atoms with van der Waals surface area (Å²) in [6, 6.07) is 1.94. The van der Waals surface area contributed by atoms with Gasteiger partial charge in [0.1, 0.15) is 0 Å². The zero-order chi connectivity index (χ0) is 16.3. The van der Waals surface area contributed by atoms with E-state index in [1.807, 2.05) is 10.6 Å². The third-order valence-corrected chi connectivity index (χ3v) is 4.23. The number of pyridine rings is 1. The molecule has 0 aromatic carbocycles. The van der Waals surface area contributed by atoms with Gasteiger partial charge in [0.15, 0.2) is 0 Å².